The van der Waals surface area contributed by atoms with Gasteiger partial charge in [0.1, 0.15) is 46.6 Å². The summed E-state index contributed by atoms with van der Waals surface area (Å²) in [4.78, 5) is 8.43. The largest absolute Gasteiger partial charge is 0.497 e. The number of nitrogen functional groups attached to an aromatic ring is 2. The van der Waals surface area contributed by atoms with E-state index in [1.54, 1.807) is 6.19 Å². The van der Waals surface area contributed by atoms with Crippen LogP contribution >= 0.6 is 0 Å². The molecule has 3 rings (SSSR count). The number of guanidine groups is 1. The van der Waals surface area contributed by atoms with Gasteiger partial charge in [0.05, 0.1) is 25.5 Å². The van der Waals surface area contributed by atoms with E-state index in [0.717, 1.165) is 0 Å². The lowest BCUT2D eigenvalue weighted by molar-refractivity contribution is 0.382. The number of methoxy groups -OCH3 is 2. The molecule has 28 heavy (non-hydrogen) atoms. The zero-order valence-electron chi connectivity index (χ0n) is 14.9. The second-order valence-electron chi connectivity index (χ2n) is 5.63. The van der Waals surface area contributed by atoms with E-state index in [1.165, 1.54) is 26.4 Å². The Morgan fingerprint density at radius 3 is 2.57 bits per heavy atom. The van der Waals surface area contributed by atoms with Gasteiger partial charge in [-0.2, -0.15) is 10.5 Å². The van der Waals surface area contributed by atoms with Crippen molar-refractivity contribution in [2.45, 2.75) is 6.04 Å². The van der Waals surface area contributed by atoms with Crippen molar-refractivity contribution in [2.75, 3.05) is 31.0 Å². The van der Waals surface area contributed by atoms with Crippen molar-refractivity contribution < 1.29 is 13.9 Å². The standard InChI is InChI=1S/C17H15FN8O2/c1-27-7-3-9(18)11(10(4-7)28-2)14-12-13(21)8(5-19)15(22)25-16(12)26-17(24-14)23-6-20/h3-4,14H,1-2H3,(H6,21,22,23,24,25,26). The third kappa shape index (κ3) is 2.91. The number of nitrogens with zero attached hydrogens (tertiary/aromatic N) is 4. The van der Waals surface area contributed by atoms with Crippen molar-refractivity contribution in [3.8, 4) is 23.8 Å². The summed E-state index contributed by atoms with van der Waals surface area (Å²) >= 11 is 0. The lowest BCUT2D eigenvalue weighted by atomic mass is 9.94. The number of hydrogen-bond donors (Lipinski definition) is 4. The minimum absolute atomic E-state index is 0.000436. The number of rotatable bonds is 3. The van der Waals surface area contributed by atoms with Crippen LogP contribution in [0.5, 0.6) is 11.5 Å². The maximum atomic E-state index is 15.0. The third-order valence-corrected chi connectivity index (χ3v) is 4.15. The normalized spacial score (nSPS) is 14.6. The molecule has 6 N–H and O–H groups in total. The number of aliphatic imine (C=N–C) groups is 1. The Morgan fingerprint density at radius 1 is 1.21 bits per heavy atom. The number of ether oxygens (including phenoxy) is 2. The minimum atomic E-state index is -1.06. The van der Waals surface area contributed by atoms with E-state index in [0.29, 0.717) is 0 Å². The highest BCUT2D eigenvalue weighted by molar-refractivity contribution is 5.98. The summed E-state index contributed by atoms with van der Waals surface area (Å²) in [6.07, 6.45) is 1.72. The van der Waals surface area contributed by atoms with Gasteiger partial charge in [-0.25, -0.2) is 14.4 Å². The Kier molecular flexibility index (Phi) is 4.75. The third-order valence-electron chi connectivity index (χ3n) is 4.15. The van der Waals surface area contributed by atoms with Gasteiger partial charge in [-0.05, 0) is 0 Å². The molecule has 11 heteroatoms. The average Bonchev–Trinajstić information content (AvgIpc) is 2.67. The summed E-state index contributed by atoms with van der Waals surface area (Å²) in [5.74, 6) is -0.247. The van der Waals surface area contributed by atoms with Crippen LogP contribution in [0.4, 0.5) is 21.7 Å². The maximum Gasteiger partial charge on any atom is 0.211 e. The predicted octanol–water partition coefficient (Wildman–Crippen LogP) is 1.22. The number of pyridine rings is 1. The Hall–Kier alpha value is -4.25. The molecule has 0 amide bonds. The molecule has 0 saturated heterocycles. The fourth-order valence-corrected chi connectivity index (χ4v) is 2.91. The summed E-state index contributed by atoms with van der Waals surface area (Å²) in [6, 6.07) is 3.47. The Balaban J connectivity index is 2.33. The number of benzene rings is 1. The zero-order valence-corrected chi connectivity index (χ0v) is 14.9. The van der Waals surface area contributed by atoms with E-state index < -0.39 is 11.9 Å². The molecule has 0 spiro atoms. The number of anilines is 3. The molecule has 0 bridgehead atoms. The van der Waals surface area contributed by atoms with Crippen LogP contribution in [0.2, 0.25) is 0 Å². The van der Waals surface area contributed by atoms with Gasteiger partial charge in [-0.1, -0.05) is 0 Å². The van der Waals surface area contributed by atoms with Gasteiger partial charge in [-0.3, -0.25) is 5.32 Å². The summed E-state index contributed by atoms with van der Waals surface area (Å²) in [5, 5.41) is 23.4. The first kappa shape index (κ1) is 18.5. The number of nitrogens with one attached hydrogen (secondary N) is 2. The maximum absolute atomic E-state index is 15.0. The number of aromatic nitrogens is 1. The van der Waals surface area contributed by atoms with E-state index in [4.69, 9.17) is 26.2 Å². The predicted molar refractivity (Wildman–Crippen MR) is 98.9 cm³/mol. The Labute approximate surface area is 159 Å². The minimum Gasteiger partial charge on any atom is -0.497 e. The molecule has 2 heterocycles. The van der Waals surface area contributed by atoms with Crippen LogP contribution in [-0.4, -0.2) is 25.2 Å². The fraction of sp³-hybridized carbons (Fsp3) is 0.176. The highest BCUT2D eigenvalue weighted by Gasteiger charge is 2.33. The SMILES string of the molecule is COc1cc(F)c(C2N=C(NC#N)Nc3nc(N)c(C#N)c(N)c32)c(OC)c1. The highest BCUT2D eigenvalue weighted by Crippen LogP contribution is 2.45. The van der Waals surface area contributed by atoms with Crippen LogP contribution in [0.15, 0.2) is 17.1 Å². The lowest BCUT2D eigenvalue weighted by Gasteiger charge is -2.27. The molecule has 1 aromatic heterocycles. The van der Waals surface area contributed by atoms with Crippen molar-refractivity contribution in [1.82, 2.24) is 10.3 Å². The first-order valence-electron chi connectivity index (χ1n) is 7.85. The van der Waals surface area contributed by atoms with Crippen LogP contribution in [0, 0.1) is 28.6 Å². The number of fused-ring (bicyclic) bond motifs is 1. The van der Waals surface area contributed by atoms with Gasteiger partial charge in [0.2, 0.25) is 5.96 Å². The topological polar surface area (TPSA) is 167 Å². The van der Waals surface area contributed by atoms with Gasteiger partial charge in [0.25, 0.3) is 0 Å². The quantitative estimate of drug-likeness (QED) is 0.450. The molecule has 10 nitrogen and oxygen atoms in total. The smallest absolute Gasteiger partial charge is 0.211 e. The van der Waals surface area contributed by atoms with Crippen molar-refractivity contribution in [2.24, 2.45) is 4.99 Å². The molecule has 1 unspecified atom stereocenters. The number of halogens is 1. The summed E-state index contributed by atoms with van der Waals surface area (Å²) in [5.41, 5.74) is 12.1. The molecule has 1 aliphatic heterocycles. The van der Waals surface area contributed by atoms with Crippen molar-refractivity contribution in [3.63, 3.8) is 0 Å². The lowest BCUT2D eigenvalue weighted by Crippen LogP contribution is -2.33. The molecular formula is C17H15FN8O2. The van der Waals surface area contributed by atoms with Gasteiger partial charge in [0.15, 0.2) is 6.19 Å². The average molecular weight is 382 g/mol. The van der Waals surface area contributed by atoms with Gasteiger partial charge in [0, 0.05) is 17.7 Å². The van der Waals surface area contributed by atoms with E-state index in [-0.39, 0.29) is 51.5 Å². The van der Waals surface area contributed by atoms with Crippen LogP contribution in [-0.2, 0) is 0 Å². The van der Waals surface area contributed by atoms with E-state index in [9.17, 15) is 9.65 Å². The number of nitrogens with two attached hydrogens (primary N) is 2. The number of hydrogen-bond acceptors (Lipinski definition) is 10. The molecule has 142 valence electrons. The Bertz CT molecular complexity index is 1070. The molecule has 1 aliphatic rings. The molecule has 1 aromatic carbocycles. The van der Waals surface area contributed by atoms with Gasteiger partial charge >= 0.3 is 0 Å². The summed E-state index contributed by atoms with van der Waals surface area (Å²) in [7, 11) is 2.76. The fourth-order valence-electron chi connectivity index (χ4n) is 2.91. The first-order chi connectivity index (χ1) is 13.4. The van der Waals surface area contributed by atoms with Crippen molar-refractivity contribution in [1.29, 1.82) is 10.5 Å². The van der Waals surface area contributed by atoms with E-state index >= 15 is 0 Å². The van der Waals surface area contributed by atoms with Crippen molar-refractivity contribution in [3.05, 3.63) is 34.6 Å². The van der Waals surface area contributed by atoms with Crippen LogP contribution in [0.1, 0.15) is 22.7 Å². The van der Waals surface area contributed by atoms with Crippen LogP contribution in [0.25, 0.3) is 0 Å². The molecule has 0 radical (unpaired) electrons. The first-order valence-corrected chi connectivity index (χ1v) is 7.85. The van der Waals surface area contributed by atoms with E-state index in [2.05, 4.69) is 20.6 Å². The second-order valence-corrected chi connectivity index (χ2v) is 5.63. The molecule has 1 atom stereocenters. The highest BCUT2D eigenvalue weighted by atomic mass is 19.1. The molecule has 0 fully saturated rings. The summed E-state index contributed by atoms with van der Waals surface area (Å²) in [6.45, 7) is 0. The van der Waals surface area contributed by atoms with Crippen LogP contribution in [0.3, 0.4) is 0 Å². The zero-order chi connectivity index (χ0) is 20.4. The molecular weight excluding hydrogens is 367 g/mol. The van der Waals surface area contributed by atoms with E-state index in [1.807, 2.05) is 6.07 Å². The monoisotopic (exact) mass is 382 g/mol. The van der Waals surface area contributed by atoms with Gasteiger partial charge in [-0.15, -0.1) is 0 Å². The summed E-state index contributed by atoms with van der Waals surface area (Å²) < 4.78 is 25.4. The number of nitriles is 2. The Morgan fingerprint density at radius 2 is 1.96 bits per heavy atom. The molecule has 0 aliphatic carbocycles. The molecule has 0 saturated carbocycles. The van der Waals surface area contributed by atoms with Crippen LogP contribution < -0.4 is 31.6 Å². The second kappa shape index (κ2) is 7.17. The van der Waals surface area contributed by atoms with Crippen molar-refractivity contribution >= 4 is 23.3 Å². The van der Waals surface area contributed by atoms with Gasteiger partial charge < -0.3 is 26.3 Å². The molecule has 2 aromatic rings.